The number of aromatic nitrogens is 2. The Morgan fingerprint density at radius 3 is 2.52 bits per heavy atom. The van der Waals surface area contributed by atoms with Crippen molar-refractivity contribution in [3.8, 4) is 17.0 Å². The molecule has 2 aromatic carbocycles. The summed E-state index contributed by atoms with van der Waals surface area (Å²) in [6.45, 7) is 1.000. The monoisotopic (exact) mass is 460 g/mol. The third kappa shape index (κ3) is 4.43. The van der Waals surface area contributed by atoms with Gasteiger partial charge >= 0.3 is 0 Å². The van der Waals surface area contributed by atoms with Gasteiger partial charge in [-0.1, -0.05) is 23.7 Å². The maximum Gasteiger partial charge on any atom is 0.273 e. The lowest BCUT2D eigenvalue weighted by molar-refractivity contribution is 0.102. The number of amides is 1. The highest BCUT2D eigenvalue weighted by Gasteiger charge is 2.30. The second-order valence-corrected chi connectivity index (χ2v) is 9.45. The van der Waals surface area contributed by atoms with Gasteiger partial charge in [0.05, 0.1) is 12.8 Å². The Labute approximate surface area is 185 Å². The first-order valence-electron chi connectivity index (χ1n) is 9.69. The first-order chi connectivity index (χ1) is 14.9. The molecule has 1 aliphatic heterocycles. The number of benzene rings is 2. The average Bonchev–Trinajstić information content (AvgIpc) is 3.47. The van der Waals surface area contributed by atoms with Crippen molar-refractivity contribution in [2.24, 2.45) is 0 Å². The van der Waals surface area contributed by atoms with E-state index in [9.17, 15) is 13.2 Å². The Balaban J connectivity index is 1.53. The van der Waals surface area contributed by atoms with Gasteiger partial charge < -0.3 is 10.1 Å². The summed E-state index contributed by atoms with van der Waals surface area (Å²) in [5.74, 6) is -0.235. The Hall–Kier alpha value is -2.88. The number of methoxy groups -OCH3 is 1. The van der Waals surface area contributed by atoms with Gasteiger partial charge in [0.15, 0.2) is 0 Å². The Morgan fingerprint density at radius 2 is 1.84 bits per heavy atom. The molecule has 10 heteroatoms. The van der Waals surface area contributed by atoms with Gasteiger partial charge in [-0.25, -0.2) is 8.42 Å². The summed E-state index contributed by atoms with van der Waals surface area (Å²) in [5, 5.41) is 10.2. The van der Waals surface area contributed by atoms with Gasteiger partial charge in [-0.3, -0.25) is 9.89 Å². The molecule has 31 heavy (non-hydrogen) atoms. The Morgan fingerprint density at radius 1 is 1.13 bits per heavy atom. The molecule has 4 rings (SSSR count). The highest BCUT2D eigenvalue weighted by atomic mass is 35.5. The molecule has 0 radical (unpaired) electrons. The molecule has 0 bridgehead atoms. The van der Waals surface area contributed by atoms with Crippen LogP contribution in [0.25, 0.3) is 11.3 Å². The molecule has 1 amide bonds. The van der Waals surface area contributed by atoms with E-state index in [1.807, 2.05) is 12.1 Å². The second kappa shape index (κ2) is 8.70. The predicted molar refractivity (Wildman–Crippen MR) is 118 cm³/mol. The number of carbonyl (C=O) groups is 1. The number of ether oxygens (including phenoxy) is 1. The maximum atomic E-state index is 12.9. The lowest BCUT2D eigenvalue weighted by atomic mass is 10.1. The molecule has 2 heterocycles. The average molecular weight is 461 g/mol. The quantitative estimate of drug-likeness (QED) is 0.582. The fraction of sp³-hybridized carbons (Fsp3) is 0.238. The van der Waals surface area contributed by atoms with Crippen LogP contribution in [0.2, 0.25) is 5.02 Å². The summed E-state index contributed by atoms with van der Waals surface area (Å²) < 4.78 is 32.5. The number of carbonyl (C=O) groups excluding carboxylic acids is 1. The Bertz CT molecular complexity index is 1200. The van der Waals surface area contributed by atoms with E-state index in [0.717, 1.165) is 18.4 Å². The number of hydrogen-bond acceptors (Lipinski definition) is 5. The first-order valence-corrected chi connectivity index (χ1v) is 11.5. The number of H-pyrrole nitrogens is 1. The van der Waals surface area contributed by atoms with Crippen molar-refractivity contribution >= 4 is 33.2 Å². The van der Waals surface area contributed by atoms with Crippen molar-refractivity contribution in [1.29, 1.82) is 0 Å². The first kappa shape index (κ1) is 21.4. The maximum absolute atomic E-state index is 12.9. The largest absolute Gasteiger partial charge is 0.495 e. The highest BCUT2D eigenvalue weighted by Crippen LogP contribution is 2.31. The SMILES string of the molecule is COc1cc(NC(=O)c2cc(-c3ccc(Cl)cc3)n[nH]2)ccc1S(=O)(=O)N1CCCC1. The van der Waals surface area contributed by atoms with Crippen LogP contribution in [0, 0.1) is 0 Å². The fourth-order valence-corrected chi connectivity index (χ4v) is 5.21. The molecule has 0 aliphatic carbocycles. The molecule has 2 N–H and O–H groups in total. The molecule has 1 aromatic heterocycles. The summed E-state index contributed by atoms with van der Waals surface area (Å²) in [4.78, 5) is 12.7. The van der Waals surface area contributed by atoms with Crippen molar-refractivity contribution in [3.05, 3.63) is 59.2 Å². The smallest absolute Gasteiger partial charge is 0.273 e. The predicted octanol–water partition coefficient (Wildman–Crippen LogP) is 3.78. The molecular formula is C21H21ClN4O4S. The molecule has 0 saturated carbocycles. The fourth-order valence-electron chi connectivity index (χ4n) is 3.43. The van der Waals surface area contributed by atoms with Crippen molar-refractivity contribution in [3.63, 3.8) is 0 Å². The molecule has 1 aliphatic rings. The van der Waals surface area contributed by atoms with Gasteiger partial charge in [0.2, 0.25) is 10.0 Å². The standard InChI is InChI=1S/C21H21ClN4O4S/c1-30-19-12-16(8-9-20(19)31(28,29)26-10-2-3-11-26)23-21(27)18-13-17(24-25-18)14-4-6-15(22)7-5-14/h4-9,12-13H,2-3,10-11H2,1H3,(H,23,27)(H,24,25). The lowest BCUT2D eigenvalue weighted by Crippen LogP contribution is -2.28. The van der Waals surface area contributed by atoms with Crippen molar-refractivity contribution < 1.29 is 17.9 Å². The summed E-state index contributed by atoms with van der Waals surface area (Å²) >= 11 is 5.90. The highest BCUT2D eigenvalue weighted by molar-refractivity contribution is 7.89. The lowest BCUT2D eigenvalue weighted by Gasteiger charge is -2.18. The summed E-state index contributed by atoms with van der Waals surface area (Å²) in [7, 11) is -2.24. The zero-order valence-corrected chi connectivity index (χ0v) is 18.3. The normalized spacial score (nSPS) is 14.5. The van der Waals surface area contributed by atoms with Gasteiger partial charge in [-0.05, 0) is 43.2 Å². The summed E-state index contributed by atoms with van der Waals surface area (Å²) in [5.41, 5.74) is 2.09. The van der Waals surface area contributed by atoms with E-state index >= 15 is 0 Å². The minimum absolute atomic E-state index is 0.0847. The number of aromatic amines is 1. The van der Waals surface area contributed by atoms with Gasteiger partial charge in [0.1, 0.15) is 16.3 Å². The van der Waals surface area contributed by atoms with Gasteiger partial charge in [-0.2, -0.15) is 9.40 Å². The van der Waals surface area contributed by atoms with E-state index in [-0.39, 0.29) is 16.3 Å². The van der Waals surface area contributed by atoms with E-state index in [0.29, 0.717) is 29.5 Å². The van der Waals surface area contributed by atoms with Gasteiger partial charge in [0, 0.05) is 35.4 Å². The van der Waals surface area contributed by atoms with Crippen LogP contribution in [-0.4, -0.2) is 49.0 Å². The van der Waals surface area contributed by atoms with Crippen LogP contribution in [0.1, 0.15) is 23.3 Å². The Kier molecular flexibility index (Phi) is 5.99. The van der Waals surface area contributed by atoms with Crippen LogP contribution < -0.4 is 10.1 Å². The summed E-state index contributed by atoms with van der Waals surface area (Å²) in [6.07, 6.45) is 1.69. The van der Waals surface area contributed by atoms with Crippen LogP contribution in [-0.2, 0) is 10.0 Å². The van der Waals surface area contributed by atoms with Gasteiger partial charge in [-0.15, -0.1) is 0 Å². The number of nitrogens with one attached hydrogen (secondary N) is 2. The number of nitrogens with zero attached hydrogens (tertiary/aromatic N) is 2. The van der Waals surface area contributed by atoms with E-state index in [4.69, 9.17) is 16.3 Å². The molecule has 0 unspecified atom stereocenters. The minimum Gasteiger partial charge on any atom is -0.495 e. The molecular weight excluding hydrogens is 440 g/mol. The summed E-state index contributed by atoms with van der Waals surface area (Å²) in [6, 6.07) is 13.2. The zero-order valence-electron chi connectivity index (χ0n) is 16.8. The van der Waals surface area contributed by atoms with Crippen molar-refractivity contribution in [2.75, 3.05) is 25.5 Å². The van der Waals surface area contributed by atoms with E-state index in [2.05, 4.69) is 15.5 Å². The number of hydrogen-bond donors (Lipinski definition) is 2. The molecule has 1 saturated heterocycles. The van der Waals surface area contributed by atoms with Crippen LogP contribution >= 0.6 is 11.6 Å². The number of sulfonamides is 1. The van der Waals surface area contributed by atoms with Crippen LogP contribution in [0.5, 0.6) is 5.75 Å². The van der Waals surface area contributed by atoms with Crippen molar-refractivity contribution in [2.45, 2.75) is 17.7 Å². The van der Waals surface area contributed by atoms with E-state index < -0.39 is 15.9 Å². The van der Waals surface area contributed by atoms with E-state index in [1.54, 1.807) is 24.3 Å². The minimum atomic E-state index is -3.64. The van der Waals surface area contributed by atoms with Crippen LogP contribution in [0.15, 0.2) is 53.4 Å². The van der Waals surface area contributed by atoms with E-state index in [1.165, 1.54) is 23.5 Å². The van der Waals surface area contributed by atoms with Gasteiger partial charge in [0.25, 0.3) is 5.91 Å². The topological polar surface area (TPSA) is 104 Å². The molecule has 0 spiro atoms. The zero-order chi connectivity index (χ0) is 22.0. The number of rotatable bonds is 6. The number of anilines is 1. The van der Waals surface area contributed by atoms with Crippen LogP contribution in [0.4, 0.5) is 5.69 Å². The molecule has 3 aromatic rings. The van der Waals surface area contributed by atoms with Crippen LogP contribution in [0.3, 0.4) is 0 Å². The molecule has 1 fully saturated rings. The molecule has 162 valence electrons. The third-order valence-corrected chi connectivity index (χ3v) is 7.26. The number of halogens is 1. The molecule has 8 nitrogen and oxygen atoms in total. The third-order valence-electron chi connectivity index (χ3n) is 5.07. The molecule has 0 atom stereocenters. The van der Waals surface area contributed by atoms with Crippen molar-refractivity contribution in [1.82, 2.24) is 14.5 Å². The second-order valence-electron chi connectivity index (χ2n) is 7.10.